The van der Waals surface area contributed by atoms with E-state index in [9.17, 15) is 0 Å². The van der Waals surface area contributed by atoms with E-state index in [1.807, 2.05) is 0 Å². The van der Waals surface area contributed by atoms with E-state index in [4.69, 9.17) is 14.2 Å². The van der Waals surface area contributed by atoms with Crippen molar-refractivity contribution in [2.24, 2.45) is 5.92 Å². The molecule has 3 nitrogen and oxygen atoms in total. The monoisotopic (exact) mass is 272 g/mol. The second kappa shape index (κ2) is 6.03. The van der Waals surface area contributed by atoms with Crippen LogP contribution in [-0.2, 0) is 14.2 Å². The first kappa shape index (κ1) is 14.5. The van der Waals surface area contributed by atoms with Gasteiger partial charge in [0.1, 0.15) is 0 Å². The van der Waals surface area contributed by atoms with Gasteiger partial charge in [-0.1, -0.05) is 32.5 Å². The molecule has 0 aromatic carbocycles. The number of rotatable bonds is 4. The lowest BCUT2D eigenvalue weighted by Gasteiger charge is -2.39. The van der Waals surface area contributed by atoms with Crippen LogP contribution in [0.2, 0.25) is 25.2 Å². The fraction of sp³-hybridized carbons (Fsp3) is 1.00. The van der Waals surface area contributed by atoms with E-state index in [0.717, 1.165) is 18.6 Å². The van der Waals surface area contributed by atoms with Crippen molar-refractivity contribution in [3.8, 4) is 0 Å². The fourth-order valence-corrected chi connectivity index (χ4v) is 6.21. The highest BCUT2D eigenvalue weighted by atomic mass is 28.3. The van der Waals surface area contributed by atoms with Crippen molar-refractivity contribution in [3.63, 3.8) is 0 Å². The third kappa shape index (κ3) is 3.35. The molecule has 1 saturated heterocycles. The second-order valence-corrected chi connectivity index (χ2v) is 12.3. The number of hydrogen-bond acceptors (Lipinski definition) is 3. The first-order valence-electron chi connectivity index (χ1n) is 7.28. The Balaban J connectivity index is 1.97. The fourth-order valence-electron chi connectivity index (χ4n) is 3.54. The van der Waals surface area contributed by atoms with Crippen LogP contribution in [0.3, 0.4) is 0 Å². The summed E-state index contributed by atoms with van der Waals surface area (Å²) in [4.78, 5) is 0. The molecule has 0 spiro atoms. The Hall–Kier alpha value is 0.0969. The van der Waals surface area contributed by atoms with Crippen LogP contribution in [0.25, 0.3) is 0 Å². The minimum Gasteiger partial charge on any atom is -0.382 e. The van der Waals surface area contributed by atoms with Gasteiger partial charge >= 0.3 is 0 Å². The average molecular weight is 272 g/mol. The quantitative estimate of drug-likeness (QED) is 0.735. The molecule has 2 aliphatic rings. The smallest absolute Gasteiger partial charge is 0.160 e. The van der Waals surface area contributed by atoms with Crippen molar-refractivity contribution < 1.29 is 14.2 Å². The molecular weight excluding hydrogens is 244 g/mol. The van der Waals surface area contributed by atoms with Crippen molar-refractivity contribution in [1.82, 2.24) is 0 Å². The zero-order valence-corrected chi connectivity index (χ0v) is 13.3. The molecule has 1 saturated carbocycles. The number of methoxy groups -OCH3 is 1. The maximum absolute atomic E-state index is 6.11. The highest BCUT2D eigenvalue weighted by Crippen LogP contribution is 2.46. The summed E-state index contributed by atoms with van der Waals surface area (Å²) in [7, 11) is 0.641. The van der Waals surface area contributed by atoms with Crippen molar-refractivity contribution >= 4 is 8.07 Å². The van der Waals surface area contributed by atoms with E-state index >= 15 is 0 Å². The van der Waals surface area contributed by atoms with Gasteiger partial charge in [-0.3, -0.25) is 0 Å². The summed E-state index contributed by atoms with van der Waals surface area (Å²) in [5, 5.41) is 0. The molecule has 4 heteroatoms. The summed E-state index contributed by atoms with van der Waals surface area (Å²) in [6.07, 6.45) is 5.22. The Morgan fingerprint density at radius 3 is 2.61 bits per heavy atom. The molecule has 2 rings (SSSR count). The van der Waals surface area contributed by atoms with Crippen LogP contribution in [0.5, 0.6) is 0 Å². The Bertz CT molecular complexity index is 262. The normalized spacial score (nSPS) is 38.0. The summed E-state index contributed by atoms with van der Waals surface area (Å²) in [5.74, 6) is 0.622. The van der Waals surface area contributed by atoms with Crippen LogP contribution in [0.1, 0.15) is 25.7 Å². The van der Waals surface area contributed by atoms with E-state index in [1.165, 1.54) is 19.3 Å². The van der Waals surface area contributed by atoms with Gasteiger partial charge in [0.2, 0.25) is 0 Å². The number of ether oxygens (including phenoxy) is 3. The molecule has 0 N–H and O–H groups in total. The lowest BCUT2D eigenvalue weighted by molar-refractivity contribution is -0.242. The molecule has 0 amide bonds. The largest absolute Gasteiger partial charge is 0.382 e. The van der Waals surface area contributed by atoms with E-state index in [2.05, 4.69) is 19.6 Å². The molecule has 1 aliphatic heterocycles. The maximum Gasteiger partial charge on any atom is 0.160 e. The molecule has 1 heterocycles. The van der Waals surface area contributed by atoms with Crippen LogP contribution in [0.15, 0.2) is 0 Å². The molecule has 18 heavy (non-hydrogen) atoms. The Morgan fingerprint density at radius 1 is 1.17 bits per heavy atom. The summed E-state index contributed by atoms with van der Waals surface area (Å²) < 4.78 is 17.2. The first-order chi connectivity index (χ1) is 8.52. The predicted molar refractivity (Wildman–Crippen MR) is 75.5 cm³/mol. The molecule has 2 fully saturated rings. The lowest BCUT2D eigenvalue weighted by atomic mass is 10.1. The van der Waals surface area contributed by atoms with Crippen molar-refractivity contribution in [1.29, 1.82) is 0 Å². The molecule has 0 aromatic heterocycles. The van der Waals surface area contributed by atoms with Crippen LogP contribution < -0.4 is 0 Å². The van der Waals surface area contributed by atoms with Crippen molar-refractivity contribution in [2.45, 2.75) is 63.3 Å². The zero-order chi connectivity index (χ0) is 13.2. The molecule has 4 atom stereocenters. The molecule has 106 valence electrons. The van der Waals surface area contributed by atoms with Gasteiger partial charge in [-0.2, -0.15) is 0 Å². The highest BCUT2D eigenvalue weighted by Gasteiger charge is 2.43. The van der Waals surface area contributed by atoms with Gasteiger partial charge in [0, 0.05) is 21.1 Å². The second-order valence-electron chi connectivity index (χ2n) is 6.81. The summed E-state index contributed by atoms with van der Waals surface area (Å²) in [5.41, 5.74) is 0.851. The third-order valence-corrected chi connectivity index (χ3v) is 7.37. The summed E-state index contributed by atoms with van der Waals surface area (Å²) in [6.45, 7) is 8.96. The van der Waals surface area contributed by atoms with Gasteiger partial charge in [0.05, 0.1) is 19.3 Å². The minimum atomic E-state index is -1.10. The molecule has 0 radical (unpaired) electrons. The molecule has 0 bridgehead atoms. The van der Waals surface area contributed by atoms with E-state index in [0.29, 0.717) is 12.5 Å². The van der Waals surface area contributed by atoms with Gasteiger partial charge in [0.15, 0.2) is 6.29 Å². The average Bonchev–Trinajstić information content (AvgIpc) is 2.78. The van der Waals surface area contributed by atoms with E-state index < -0.39 is 8.07 Å². The third-order valence-electron chi connectivity index (χ3n) is 4.43. The van der Waals surface area contributed by atoms with Crippen molar-refractivity contribution in [2.75, 3.05) is 20.3 Å². The molecule has 1 aliphatic carbocycles. The topological polar surface area (TPSA) is 27.7 Å². The van der Waals surface area contributed by atoms with Crippen molar-refractivity contribution in [3.05, 3.63) is 0 Å². The van der Waals surface area contributed by atoms with Crippen LogP contribution in [0.4, 0.5) is 0 Å². The standard InChI is InChI=1S/C14H28O3Si/c1-15-10-11-8-9-16-14(17-11)12-6-5-7-13(12)18(2,3)4/h11-14H,5-10H2,1-4H3. The zero-order valence-electron chi connectivity index (χ0n) is 12.3. The molecule has 0 aromatic rings. The van der Waals surface area contributed by atoms with Gasteiger partial charge in [0.25, 0.3) is 0 Å². The predicted octanol–water partition coefficient (Wildman–Crippen LogP) is 3.27. The first-order valence-corrected chi connectivity index (χ1v) is 10.9. The molecular formula is C14H28O3Si. The summed E-state index contributed by atoms with van der Waals surface area (Å²) >= 11 is 0. The minimum absolute atomic E-state index is 0.0260. The Morgan fingerprint density at radius 2 is 1.94 bits per heavy atom. The number of hydrogen-bond donors (Lipinski definition) is 0. The Kier molecular flexibility index (Phi) is 4.86. The van der Waals surface area contributed by atoms with Gasteiger partial charge < -0.3 is 14.2 Å². The SMILES string of the molecule is COCC1CCOC(C2CCCC2[Si](C)(C)C)O1. The maximum atomic E-state index is 6.11. The van der Waals surface area contributed by atoms with Crippen LogP contribution >= 0.6 is 0 Å². The van der Waals surface area contributed by atoms with Gasteiger partial charge in [-0.25, -0.2) is 0 Å². The van der Waals surface area contributed by atoms with E-state index in [-0.39, 0.29) is 12.4 Å². The summed E-state index contributed by atoms with van der Waals surface area (Å²) in [6, 6.07) is 0. The van der Waals surface area contributed by atoms with Gasteiger partial charge in [-0.05, 0) is 18.4 Å². The highest BCUT2D eigenvalue weighted by molar-refractivity contribution is 6.77. The molecule has 4 unspecified atom stereocenters. The lowest BCUT2D eigenvalue weighted by Crippen LogP contribution is -2.43. The Labute approximate surface area is 112 Å². The van der Waals surface area contributed by atoms with E-state index in [1.54, 1.807) is 7.11 Å². The van der Waals surface area contributed by atoms with Gasteiger partial charge in [-0.15, -0.1) is 0 Å². The van der Waals surface area contributed by atoms with Crippen LogP contribution in [-0.4, -0.2) is 40.8 Å². The van der Waals surface area contributed by atoms with Crippen LogP contribution in [0, 0.1) is 5.92 Å².